The van der Waals surface area contributed by atoms with Crippen LogP contribution in [0, 0.1) is 0 Å². The third-order valence-corrected chi connectivity index (χ3v) is 4.02. The second-order valence-corrected chi connectivity index (χ2v) is 5.95. The number of aromatic nitrogens is 1. The van der Waals surface area contributed by atoms with Gasteiger partial charge in [0.25, 0.3) is 0 Å². The molecule has 2 heterocycles. The Morgan fingerprint density at radius 2 is 2.26 bits per heavy atom. The van der Waals surface area contributed by atoms with Gasteiger partial charge in [-0.15, -0.1) is 11.3 Å². The maximum atomic E-state index is 5.96. The average Bonchev–Trinajstić information content (AvgIpc) is 2.84. The van der Waals surface area contributed by atoms with Gasteiger partial charge in [0.15, 0.2) is 11.6 Å². The van der Waals surface area contributed by atoms with Crippen LogP contribution < -0.4 is 10.1 Å². The molecule has 0 amide bonds. The maximum Gasteiger partial charge on any atom is 0.169 e. The molecule has 1 unspecified atom stereocenters. The molecule has 19 heavy (non-hydrogen) atoms. The van der Waals surface area contributed by atoms with Crippen molar-refractivity contribution in [3.63, 3.8) is 0 Å². The molecule has 0 aromatic carbocycles. The van der Waals surface area contributed by atoms with Crippen molar-refractivity contribution < 1.29 is 4.74 Å². The number of hydrogen-bond acceptors (Lipinski definition) is 4. The lowest BCUT2D eigenvalue weighted by atomic mass is 10.2. The Morgan fingerprint density at radius 3 is 2.95 bits per heavy atom. The summed E-state index contributed by atoms with van der Waals surface area (Å²) in [6.45, 7) is 4.86. The molecule has 2 rings (SSSR count). The summed E-state index contributed by atoms with van der Waals surface area (Å²) in [6, 6.07) is 7.89. The minimum absolute atomic E-state index is 0.149. The van der Waals surface area contributed by atoms with E-state index >= 15 is 0 Å². The lowest BCUT2D eigenvalue weighted by molar-refractivity contribution is 0.317. The van der Waals surface area contributed by atoms with Crippen LogP contribution in [0.5, 0.6) is 5.75 Å². The first-order valence-corrected chi connectivity index (χ1v) is 7.49. The molecule has 1 atom stereocenters. The summed E-state index contributed by atoms with van der Waals surface area (Å²) in [5, 5.41) is 3.36. The van der Waals surface area contributed by atoms with Crippen LogP contribution in [0.2, 0.25) is 4.34 Å². The number of thiophene rings is 1. The van der Waals surface area contributed by atoms with Crippen LogP contribution >= 0.6 is 22.9 Å². The normalized spacial score (nSPS) is 12.2. The van der Waals surface area contributed by atoms with E-state index in [0.717, 1.165) is 22.3 Å². The highest BCUT2D eigenvalue weighted by molar-refractivity contribution is 7.16. The first-order chi connectivity index (χ1) is 9.20. The van der Waals surface area contributed by atoms with Crippen LogP contribution in [0.3, 0.4) is 0 Å². The van der Waals surface area contributed by atoms with Crippen molar-refractivity contribution in [1.82, 2.24) is 4.98 Å². The van der Waals surface area contributed by atoms with Gasteiger partial charge in [-0.05, 0) is 37.6 Å². The van der Waals surface area contributed by atoms with Gasteiger partial charge in [-0.3, -0.25) is 0 Å². The molecule has 0 bridgehead atoms. The zero-order chi connectivity index (χ0) is 13.7. The van der Waals surface area contributed by atoms with Crippen LogP contribution in [0.25, 0.3) is 0 Å². The minimum atomic E-state index is 0.149. The zero-order valence-electron chi connectivity index (χ0n) is 11.0. The van der Waals surface area contributed by atoms with E-state index in [1.54, 1.807) is 17.5 Å². The molecule has 0 radical (unpaired) electrons. The molecule has 5 heteroatoms. The Balaban J connectivity index is 2.09. The molecule has 0 aliphatic heterocycles. The fraction of sp³-hybridized carbons (Fsp3) is 0.357. The van der Waals surface area contributed by atoms with E-state index in [0.29, 0.717) is 6.61 Å². The van der Waals surface area contributed by atoms with Crippen LogP contribution in [-0.2, 0) is 0 Å². The van der Waals surface area contributed by atoms with E-state index in [1.165, 1.54) is 4.88 Å². The summed E-state index contributed by atoms with van der Waals surface area (Å²) in [5.41, 5.74) is 0. The smallest absolute Gasteiger partial charge is 0.169 e. The molecule has 2 aromatic heterocycles. The number of anilines is 1. The van der Waals surface area contributed by atoms with Gasteiger partial charge in [0.2, 0.25) is 0 Å². The van der Waals surface area contributed by atoms with E-state index in [9.17, 15) is 0 Å². The lowest BCUT2D eigenvalue weighted by Crippen LogP contribution is -2.08. The number of nitrogens with zero attached hydrogens (tertiary/aromatic N) is 1. The number of hydrogen-bond donors (Lipinski definition) is 1. The first kappa shape index (κ1) is 14.2. The third-order valence-electron chi connectivity index (χ3n) is 2.61. The second-order valence-electron chi connectivity index (χ2n) is 4.21. The Labute approximate surface area is 122 Å². The molecule has 0 aliphatic carbocycles. The topological polar surface area (TPSA) is 34.1 Å². The molecule has 102 valence electrons. The largest absolute Gasteiger partial charge is 0.490 e. The molecule has 0 spiro atoms. The van der Waals surface area contributed by atoms with E-state index in [4.69, 9.17) is 16.3 Å². The number of ether oxygens (including phenoxy) is 1. The van der Waals surface area contributed by atoms with Gasteiger partial charge < -0.3 is 10.1 Å². The molecule has 0 saturated carbocycles. The molecular weight excluding hydrogens is 280 g/mol. The molecule has 0 aliphatic rings. The van der Waals surface area contributed by atoms with Gasteiger partial charge in [0.05, 0.1) is 17.0 Å². The summed E-state index contributed by atoms with van der Waals surface area (Å²) in [7, 11) is 0. The van der Waals surface area contributed by atoms with E-state index in [1.807, 2.05) is 24.3 Å². The van der Waals surface area contributed by atoms with E-state index < -0.39 is 0 Å². The van der Waals surface area contributed by atoms with Crippen LogP contribution in [0.4, 0.5) is 5.82 Å². The molecule has 2 aromatic rings. The van der Waals surface area contributed by atoms with Crippen LogP contribution in [-0.4, -0.2) is 11.6 Å². The Kier molecular flexibility index (Phi) is 5.05. The molecule has 0 fully saturated rings. The third kappa shape index (κ3) is 3.85. The molecular formula is C14H17ClN2OS. The summed E-state index contributed by atoms with van der Waals surface area (Å²) >= 11 is 7.53. The van der Waals surface area contributed by atoms with Gasteiger partial charge in [-0.1, -0.05) is 18.5 Å². The summed E-state index contributed by atoms with van der Waals surface area (Å²) in [6.07, 6.45) is 2.74. The fourth-order valence-electron chi connectivity index (χ4n) is 1.66. The van der Waals surface area contributed by atoms with Gasteiger partial charge >= 0.3 is 0 Å². The minimum Gasteiger partial charge on any atom is -0.490 e. The molecule has 1 N–H and O–H groups in total. The summed E-state index contributed by atoms with van der Waals surface area (Å²) in [5.74, 6) is 1.56. The summed E-state index contributed by atoms with van der Waals surface area (Å²) < 4.78 is 6.48. The van der Waals surface area contributed by atoms with Crippen molar-refractivity contribution in [2.75, 3.05) is 11.9 Å². The van der Waals surface area contributed by atoms with Crippen molar-refractivity contribution in [3.05, 3.63) is 39.7 Å². The highest BCUT2D eigenvalue weighted by Gasteiger charge is 2.11. The molecule has 3 nitrogen and oxygen atoms in total. The van der Waals surface area contributed by atoms with E-state index in [-0.39, 0.29) is 6.04 Å². The maximum absolute atomic E-state index is 5.96. The average molecular weight is 297 g/mol. The highest BCUT2D eigenvalue weighted by Crippen LogP contribution is 2.31. The van der Waals surface area contributed by atoms with Gasteiger partial charge in [0, 0.05) is 11.1 Å². The Bertz CT molecular complexity index is 530. The van der Waals surface area contributed by atoms with Crippen molar-refractivity contribution in [2.45, 2.75) is 26.3 Å². The fourth-order valence-corrected chi connectivity index (χ4v) is 2.73. The standard InChI is InChI=1S/C14H17ClN2OS/c1-3-9-18-11-5-4-8-16-14(11)17-10(2)12-6-7-13(15)19-12/h4-8,10H,3,9H2,1-2H3,(H,16,17). The quantitative estimate of drug-likeness (QED) is 0.834. The number of nitrogens with one attached hydrogen (secondary N) is 1. The predicted octanol–water partition coefficient (Wildman–Crippen LogP) is 4.76. The van der Waals surface area contributed by atoms with Gasteiger partial charge in [0.1, 0.15) is 0 Å². The Hall–Kier alpha value is -1.26. The van der Waals surface area contributed by atoms with Crippen molar-refractivity contribution in [3.8, 4) is 5.75 Å². The number of halogens is 1. The SMILES string of the molecule is CCCOc1cccnc1NC(C)c1ccc(Cl)s1. The first-order valence-electron chi connectivity index (χ1n) is 6.30. The monoisotopic (exact) mass is 296 g/mol. The van der Waals surface area contributed by atoms with Crippen LogP contribution in [0.1, 0.15) is 31.2 Å². The zero-order valence-corrected chi connectivity index (χ0v) is 12.6. The summed E-state index contributed by atoms with van der Waals surface area (Å²) in [4.78, 5) is 5.52. The van der Waals surface area contributed by atoms with Crippen molar-refractivity contribution in [2.24, 2.45) is 0 Å². The number of rotatable bonds is 6. The van der Waals surface area contributed by atoms with Crippen LogP contribution in [0.15, 0.2) is 30.5 Å². The van der Waals surface area contributed by atoms with Gasteiger partial charge in [-0.2, -0.15) is 0 Å². The molecule has 0 saturated heterocycles. The predicted molar refractivity (Wildman–Crippen MR) is 81.4 cm³/mol. The number of pyridine rings is 1. The second kappa shape index (κ2) is 6.78. The lowest BCUT2D eigenvalue weighted by Gasteiger charge is -2.16. The Morgan fingerprint density at radius 1 is 1.42 bits per heavy atom. The van der Waals surface area contributed by atoms with Crippen molar-refractivity contribution in [1.29, 1.82) is 0 Å². The van der Waals surface area contributed by atoms with Gasteiger partial charge in [-0.25, -0.2) is 4.98 Å². The highest BCUT2D eigenvalue weighted by atomic mass is 35.5. The van der Waals surface area contributed by atoms with E-state index in [2.05, 4.69) is 24.1 Å². The van der Waals surface area contributed by atoms with Crippen molar-refractivity contribution >= 4 is 28.8 Å².